The highest BCUT2D eigenvalue weighted by atomic mass is 35.5. The first kappa shape index (κ1) is 25.2. The highest BCUT2D eigenvalue weighted by molar-refractivity contribution is 6.32. The maximum Gasteiger partial charge on any atom is 0.254 e. The van der Waals surface area contributed by atoms with E-state index in [-0.39, 0.29) is 11.8 Å². The number of carbonyl (C=O) groups is 2. The number of carbonyl (C=O) groups excluding carboxylic acids is 2. The molecule has 0 spiro atoms. The third-order valence-electron chi connectivity index (χ3n) is 4.88. The monoisotopic (exact) mass is 455 g/mol. The Morgan fingerprint density at radius 2 is 1.84 bits per heavy atom. The minimum atomic E-state index is -0.103. The van der Waals surface area contributed by atoms with Gasteiger partial charge in [0.15, 0.2) is 11.5 Å². The molecule has 1 heterocycles. The summed E-state index contributed by atoms with van der Waals surface area (Å²) in [6, 6.07) is 3.33. The molecule has 1 saturated heterocycles. The minimum Gasteiger partial charge on any atom is -0.490 e. The molecule has 2 rings (SSSR count). The SMILES string of the molecule is CCCOc1c(Cl)cc(C(=O)N2CCN(CC(=O)NCCCOC)CC2)cc1OCC. The average molecular weight is 456 g/mol. The first-order valence-corrected chi connectivity index (χ1v) is 11.2. The zero-order valence-electron chi connectivity index (χ0n) is 18.7. The van der Waals surface area contributed by atoms with Gasteiger partial charge in [0.2, 0.25) is 5.91 Å². The lowest BCUT2D eigenvalue weighted by molar-refractivity contribution is -0.122. The summed E-state index contributed by atoms with van der Waals surface area (Å²) in [5, 5.41) is 3.25. The smallest absolute Gasteiger partial charge is 0.254 e. The molecule has 1 N–H and O–H groups in total. The Balaban J connectivity index is 1.92. The van der Waals surface area contributed by atoms with Crippen molar-refractivity contribution in [3.8, 4) is 11.5 Å². The van der Waals surface area contributed by atoms with Crippen LogP contribution in [0.3, 0.4) is 0 Å². The third-order valence-corrected chi connectivity index (χ3v) is 5.16. The van der Waals surface area contributed by atoms with E-state index in [0.29, 0.717) is 81.2 Å². The predicted octanol–water partition coefficient (Wildman–Crippen LogP) is 2.44. The molecule has 0 aliphatic carbocycles. The van der Waals surface area contributed by atoms with Gasteiger partial charge in [0, 0.05) is 52.0 Å². The number of piperazine rings is 1. The van der Waals surface area contributed by atoms with Crippen LogP contribution in [-0.4, -0.2) is 87.8 Å². The maximum absolute atomic E-state index is 13.0. The second-order valence-electron chi connectivity index (χ2n) is 7.33. The van der Waals surface area contributed by atoms with Crippen LogP contribution >= 0.6 is 11.6 Å². The molecule has 31 heavy (non-hydrogen) atoms. The highest BCUT2D eigenvalue weighted by Crippen LogP contribution is 2.37. The Kier molecular flexibility index (Phi) is 10.9. The van der Waals surface area contributed by atoms with Gasteiger partial charge in [-0.25, -0.2) is 0 Å². The Morgan fingerprint density at radius 3 is 2.48 bits per heavy atom. The van der Waals surface area contributed by atoms with Crippen molar-refractivity contribution in [2.45, 2.75) is 26.7 Å². The molecule has 8 nitrogen and oxygen atoms in total. The number of amides is 2. The van der Waals surface area contributed by atoms with Gasteiger partial charge in [-0.2, -0.15) is 0 Å². The normalized spacial score (nSPS) is 14.4. The molecule has 174 valence electrons. The molecule has 1 aliphatic rings. The standard InChI is InChI=1S/C22H34ClN3O5/c1-4-12-31-21-18(23)14-17(15-19(21)30-5-2)22(28)26-10-8-25(9-11-26)16-20(27)24-7-6-13-29-3/h14-15H,4-13,16H2,1-3H3,(H,24,27). The van der Waals surface area contributed by atoms with Crippen molar-refractivity contribution in [3.63, 3.8) is 0 Å². The molecule has 2 amide bonds. The molecular formula is C22H34ClN3O5. The van der Waals surface area contributed by atoms with Crippen LogP contribution < -0.4 is 14.8 Å². The van der Waals surface area contributed by atoms with Gasteiger partial charge >= 0.3 is 0 Å². The molecule has 0 unspecified atom stereocenters. The number of nitrogens with one attached hydrogen (secondary N) is 1. The number of ether oxygens (including phenoxy) is 3. The van der Waals surface area contributed by atoms with E-state index in [1.807, 2.05) is 13.8 Å². The van der Waals surface area contributed by atoms with Gasteiger partial charge in [0.1, 0.15) is 0 Å². The highest BCUT2D eigenvalue weighted by Gasteiger charge is 2.25. The fourth-order valence-electron chi connectivity index (χ4n) is 3.29. The van der Waals surface area contributed by atoms with Crippen LogP contribution in [0.4, 0.5) is 0 Å². The summed E-state index contributed by atoms with van der Waals surface area (Å²) >= 11 is 6.39. The molecule has 0 bridgehead atoms. The summed E-state index contributed by atoms with van der Waals surface area (Å²) in [5.41, 5.74) is 0.474. The van der Waals surface area contributed by atoms with Crippen LogP contribution in [0.5, 0.6) is 11.5 Å². The second-order valence-corrected chi connectivity index (χ2v) is 7.74. The second kappa shape index (κ2) is 13.4. The van der Waals surface area contributed by atoms with Crippen molar-refractivity contribution in [2.24, 2.45) is 0 Å². The fourth-order valence-corrected chi connectivity index (χ4v) is 3.56. The van der Waals surface area contributed by atoms with E-state index in [0.717, 1.165) is 12.8 Å². The first-order valence-electron chi connectivity index (χ1n) is 10.9. The Labute approximate surface area is 189 Å². The van der Waals surface area contributed by atoms with Gasteiger partial charge in [0.05, 0.1) is 24.8 Å². The summed E-state index contributed by atoms with van der Waals surface area (Å²) in [7, 11) is 1.64. The van der Waals surface area contributed by atoms with Crippen molar-refractivity contribution in [1.29, 1.82) is 0 Å². The number of halogens is 1. The Bertz CT molecular complexity index is 723. The van der Waals surface area contributed by atoms with Crippen LogP contribution in [-0.2, 0) is 9.53 Å². The summed E-state index contributed by atoms with van der Waals surface area (Å²) in [6.45, 7) is 8.79. The van der Waals surface area contributed by atoms with Gasteiger partial charge in [-0.05, 0) is 31.9 Å². The predicted molar refractivity (Wildman–Crippen MR) is 120 cm³/mol. The molecule has 0 radical (unpaired) electrons. The van der Waals surface area contributed by atoms with Crippen LogP contribution in [0.2, 0.25) is 5.02 Å². The zero-order valence-corrected chi connectivity index (χ0v) is 19.5. The van der Waals surface area contributed by atoms with Crippen molar-refractivity contribution < 1.29 is 23.8 Å². The molecule has 0 atom stereocenters. The molecule has 1 aromatic rings. The lowest BCUT2D eigenvalue weighted by Crippen LogP contribution is -2.51. The lowest BCUT2D eigenvalue weighted by atomic mass is 10.1. The number of hydrogen-bond acceptors (Lipinski definition) is 6. The van der Waals surface area contributed by atoms with E-state index in [2.05, 4.69) is 10.2 Å². The topological polar surface area (TPSA) is 80.3 Å². The van der Waals surface area contributed by atoms with Crippen LogP contribution in [0.1, 0.15) is 37.0 Å². The molecule has 9 heteroatoms. The quantitative estimate of drug-likeness (QED) is 0.487. The van der Waals surface area contributed by atoms with Gasteiger partial charge in [0.25, 0.3) is 5.91 Å². The van der Waals surface area contributed by atoms with E-state index in [1.54, 1.807) is 24.1 Å². The van der Waals surface area contributed by atoms with Crippen LogP contribution in [0, 0.1) is 0 Å². The Morgan fingerprint density at radius 1 is 1.10 bits per heavy atom. The zero-order chi connectivity index (χ0) is 22.6. The van der Waals surface area contributed by atoms with Gasteiger partial charge in [-0.15, -0.1) is 0 Å². The number of hydrogen-bond donors (Lipinski definition) is 1. The van der Waals surface area contributed by atoms with Crippen molar-refractivity contribution in [3.05, 3.63) is 22.7 Å². The summed E-state index contributed by atoms with van der Waals surface area (Å²) < 4.78 is 16.3. The lowest BCUT2D eigenvalue weighted by Gasteiger charge is -2.34. The summed E-state index contributed by atoms with van der Waals surface area (Å²) in [4.78, 5) is 28.9. The summed E-state index contributed by atoms with van der Waals surface area (Å²) in [6.07, 6.45) is 1.64. The molecular weight excluding hydrogens is 422 g/mol. The molecule has 1 aromatic carbocycles. The van der Waals surface area contributed by atoms with Crippen molar-refractivity contribution in [2.75, 3.05) is 66.2 Å². The van der Waals surface area contributed by atoms with Crippen LogP contribution in [0.15, 0.2) is 12.1 Å². The molecule has 1 fully saturated rings. The van der Waals surface area contributed by atoms with Gasteiger partial charge in [-0.1, -0.05) is 18.5 Å². The molecule has 0 aromatic heterocycles. The van der Waals surface area contributed by atoms with Gasteiger partial charge in [-0.3, -0.25) is 14.5 Å². The van der Waals surface area contributed by atoms with E-state index >= 15 is 0 Å². The molecule has 1 aliphatic heterocycles. The van der Waals surface area contributed by atoms with E-state index in [4.69, 9.17) is 25.8 Å². The number of benzene rings is 1. The van der Waals surface area contributed by atoms with Gasteiger partial charge < -0.3 is 24.4 Å². The van der Waals surface area contributed by atoms with Crippen LogP contribution in [0.25, 0.3) is 0 Å². The maximum atomic E-state index is 13.0. The number of methoxy groups -OCH3 is 1. The van der Waals surface area contributed by atoms with E-state index in [1.165, 1.54) is 0 Å². The first-order chi connectivity index (χ1) is 15.0. The number of rotatable bonds is 12. The average Bonchev–Trinajstić information content (AvgIpc) is 2.76. The molecule has 0 saturated carbocycles. The van der Waals surface area contributed by atoms with Crippen molar-refractivity contribution >= 4 is 23.4 Å². The largest absolute Gasteiger partial charge is 0.490 e. The fraction of sp³-hybridized carbons (Fsp3) is 0.636. The summed E-state index contributed by atoms with van der Waals surface area (Å²) in [5.74, 6) is 0.846. The minimum absolute atomic E-state index is 0.00770. The van der Waals surface area contributed by atoms with E-state index < -0.39 is 0 Å². The third kappa shape index (κ3) is 7.87. The number of nitrogens with zero attached hydrogens (tertiary/aromatic N) is 2. The van der Waals surface area contributed by atoms with E-state index in [9.17, 15) is 9.59 Å². The Hall–Kier alpha value is -2.03. The van der Waals surface area contributed by atoms with Crippen molar-refractivity contribution in [1.82, 2.24) is 15.1 Å².